The highest BCUT2D eigenvalue weighted by Crippen LogP contribution is 2.28. The van der Waals surface area contributed by atoms with E-state index in [2.05, 4.69) is 5.32 Å². The van der Waals surface area contributed by atoms with Gasteiger partial charge in [-0.15, -0.1) is 0 Å². The van der Waals surface area contributed by atoms with Crippen LogP contribution >= 0.6 is 0 Å². The number of methoxy groups -OCH3 is 2. The summed E-state index contributed by atoms with van der Waals surface area (Å²) < 4.78 is 36.9. The van der Waals surface area contributed by atoms with E-state index in [0.29, 0.717) is 18.9 Å². The first-order valence-corrected chi connectivity index (χ1v) is 8.11. The minimum Gasteiger partial charge on any atom is -0.495 e. The van der Waals surface area contributed by atoms with Crippen LogP contribution in [0.1, 0.15) is 12.5 Å². The number of hydrogen-bond donors (Lipinski definition) is 1. The van der Waals surface area contributed by atoms with E-state index in [9.17, 15) is 8.42 Å². The highest BCUT2D eigenvalue weighted by Gasteiger charge is 2.28. The Morgan fingerprint density at radius 1 is 1.33 bits per heavy atom. The van der Waals surface area contributed by atoms with Gasteiger partial charge < -0.3 is 14.8 Å². The zero-order valence-electron chi connectivity index (χ0n) is 13.2. The topological polar surface area (TPSA) is 67.9 Å². The molecule has 1 atom stereocenters. The van der Waals surface area contributed by atoms with E-state index >= 15 is 0 Å². The lowest BCUT2D eigenvalue weighted by Gasteiger charge is -2.24. The molecule has 0 saturated carbocycles. The van der Waals surface area contributed by atoms with Gasteiger partial charge in [0.05, 0.1) is 13.7 Å². The third-order valence-corrected chi connectivity index (χ3v) is 5.31. The summed E-state index contributed by atoms with van der Waals surface area (Å²) in [4.78, 5) is 0.162. The first kappa shape index (κ1) is 17.9. The van der Waals surface area contributed by atoms with E-state index in [1.807, 2.05) is 7.05 Å². The summed E-state index contributed by atoms with van der Waals surface area (Å²) in [5.41, 5.74) is 0.959. The Bertz CT molecular complexity index is 560. The minimum absolute atomic E-state index is 0.162. The second kappa shape index (κ2) is 7.74. The van der Waals surface area contributed by atoms with Crippen LogP contribution in [0, 0.1) is 0 Å². The van der Waals surface area contributed by atoms with Crippen molar-refractivity contribution in [2.75, 3.05) is 34.9 Å². The molecular weight excluding hydrogens is 292 g/mol. The van der Waals surface area contributed by atoms with Gasteiger partial charge in [-0.2, -0.15) is 4.31 Å². The van der Waals surface area contributed by atoms with Crippen LogP contribution in [0.5, 0.6) is 5.75 Å². The van der Waals surface area contributed by atoms with E-state index in [4.69, 9.17) is 9.47 Å². The van der Waals surface area contributed by atoms with Gasteiger partial charge in [0.1, 0.15) is 10.6 Å². The number of sulfonamides is 1. The number of likely N-dealkylation sites (N-methyl/N-ethyl adjacent to an activating group) is 1. The molecule has 1 aromatic rings. The lowest BCUT2D eigenvalue weighted by molar-refractivity contribution is 0.149. The molecule has 0 bridgehead atoms. The molecule has 6 nitrogen and oxygen atoms in total. The lowest BCUT2D eigenvalue weighted by Crippen LogP contribution is -2.37. The van der Waals surface area contributed by atoms with Gasteiger partial charge in [-0.1, -0.05) is 6.07 Å². The molecule has 1 N–H and O–H groups in total. The fraction of sp³-hybridized carbons (Fsp3) is 0.571. The fourth-order valence-corrected chi connectivity index (χ4v) is 3.46. The maximum absolute atomic E-state index is 12.7. The molecule has 7 heteroatoms. The van der Waals surface area contributed by atoms with Crippen LogP contribution in [0.3, 0.4) is 0 Å². The van der Waals surface area contributed by atoms with E-state index in [1.54, 1.807) is 39.3 Å². The second-order valence-corrected chi connectivity index (χ2v) is 6.81. The number of ether oxygens (including phenoxy) is 2. The average molecular weight is 316 g/mol. The van der Waals surface area contributed by atoms with Crippen LogP contribution in [-0.4, -0.2) is 53.7 Å². The molecular formula is C14H24N2O4S. The third-order valence-electron chi connectivity index (χ3n) is 3.29. The van der Waals surface area contributed by atoms with Gasteiger partial charge in [0.25, 0.3) is 0 Å². The summed E-state index contributed by atoms with van der Waals surface area (Å²) >= 11 is 0. The summed E-state index contributed by atoms with van der Waals surface area (Å²) in [6.07, 6.45) is 0. The molecule has 120 valence electrons. The SMILES string of the molecule is CNCc1ccc(S(=O)(=O)N(C)C(C)COC)c(OC)c1. The number of nitrogens with one attached hydrogen (secondary N) is 1. The number of rotatable bonds is 8. The lowest BCUT2D eigenvalue weighted by atomic mass is 10.2. The third kappa shape index (κ3) is 4.16. The van der Waals surface area contributed by atoms with Crippen molar-refractivity contribution < 1.29 is 17.9 Å². The monoisotopic (exact) mass is 316 g/mol. The van der Waals surface area contributed by atoms with Crippen molar-refractivity contribution in [3.8, 4) is 5.75 Å². The molecule has 0 spiro atoms. The number of benzene rings is 1. The molecule has 21 heavy (non-hydrogen) atoms. The van der Waals surface area contributed by atoms with Crippen molar-refractivity contribution >= 4 is 10.0 Å². The number of nitrogens with zero attached hydrogens (tertiary/aromatic N) is 1. The Hall–Kier alpha value is -1.15. The summed E-state index contributed by atoms with van der Waals surface area (Å²) in [6.45, 7) is 2.77. The molecule has 0 aliphatic carbocycles. The second-order valence-electron chi connectivity index (χ2n) is 4.84. The summed E-state index contributed by atoms with van der Waals surface area (Å²) in [5, 5.41) is 3.02. The zero-order chi connectivity index (χ0) is 16.0. The molecule has 0 aliphatic rings. The van der Waals surface area contributed by atoms with E-state index in [1.165, 1.54) is 11.4 Å². The molecule has 1 aromatic carbocycles. The van der Waals surface area contributed by atoms with Gasteiger partial charge in [-0.3, -0.25) is 0 Å². The smallest absolute Gasteiger partial charge is 0.246 e. The van der Waals surface area contributed by atoms with Crippen molar-refractivity contribution in [3.05, 3.63) is 23.8 Å². The Morgan fingerprint density at radius 3 is 2.52 bits per heavy atom. The van der Waals surface area contributed by atoms with Crippen LogP contribution in [0.2, 0.25) is 0 Å². The van der Waals surface area contributed by atoms with Crippen molar-refractivity contribution in [1.29, 1.82) is 0 Å². The van der Waals surface area contributed by atoms with Crippen molar-refractivity contribution in [3.63, 3.8) is 0 Å². The molecule has 0 amide bonds. The first-order valence-electron chi connectivity index (χ1n) is 6.67. The van der Waals surface area contributed by atoms with Gasteiger partial charge >= 0.3 is 0 Å². The van der Waals surface area contributed by atoms with Crippen LogP contribution in [-0.2, 0) is 21.3 Å². The molecule has 0 radical (unpaired) electrons. The first-order chi connectivity index (χ1) is 9.88. The van der Waals surface area contributed by atoms with Gasteiger partial charge in [0.15, 0.2) is 0 Å². The summed E-state index contributed by atoms with van der Waals surface area (Å²) in [7, 11) is 2.76. The van der Waals surface area contributed by atoms with E-state index < -0.39 is 10.0 Å². The highest BCUT2D eigenvalue weighted by molar-refractivity contribution is 7.89. The number of hydrogen-bond acceptors (Lipinski definition) is 5. The minimum atomic E-state index is -3.63. The van der Waals surface area contributed by atoms with Crippen LogP contribution in [0.15, 0.2) is 23.1 Å². The highest BCUT2D eigenvalue weighted by atomic mass is 32.2. The average Bonchev–Trinajstić information content (AvgIpc) is 2.46. The molecule has 0 heterocycles. The van der Waals surface area contributed by atoms with Gasteiger partial charge in [-0.25, -0.2) is 8.42 Å². The summed E-state index contributed by atoms with van der Waals surface area (Å²) in [5.74, 6) is 0.346. The predicted molar refractivity (Wildman–Crippen MR) is 82.0 cm³/mol. The van der Waals surface area contributed by atoms with Crippen molar-refractivity contribution in [2.24, 2.45) is 0 Å². The Labute approximate surface area is 127 Å². The Kier molecular flexibility index (Phi) is 6.60. The molecule has 0 aromatic heterocycles. The Balaban J connectivity index is 3.18. The van der Waals surface area contributed by atoms with Gasteiger partial charge in [-0.05, 0) is 31.7 Å². The predicted octanol–water partition coefficient (Wildman–Crippen LogP) is 1.07. The normalized spacial score (nSPS) is 13.4. The Morgan fingerprint density at radius 2 is 2.00 bits per heavy atom. The zero-order valence-corrected chi connectivity index (χ0v) is 14.0. The van der Waals surface area contributed by atoms with Gasteiger partial charge in [0.2, 0.25) is 10.0 Å². The molecule has 1 unspecified atom stereocenters. The quantitative estimate of drug-likeness (QED) is 0.777. The van der Waals surface area contributed by atoms with Crippen LogP contribution in [0.4, 0.5) is 0 Å². The standard InChI is InChI=1S/C14H24N2O4S/c1-11(10-19-4)16(3)21(17,18)14-7-6-12(9-15-2)8-13(14)20-5/h6-8,11,15H,9-10H2,1-5H3. The molecule has 0 fully saturated rings. The van der Waals surface area contributed by atoms with Crippen LogP contribution in [0.25, 0.3) is 0 Å². The largest absolute Gasteiger partial charge is 0.495 e. The van der Waals surface area contributed by atoms with Crippen molar-refractivity contribution in [2.45, 2.75) is 24.4 Å². The maximum Gasteiger partial charge on any atom is 0.246 e. The van der Waals surface area contributed by atoms with E-state index in [0.717, 1.165) is 5.56 Å². The maximum atomic E-state index is 12.7. The fourth-order valence-electron chi connectivity index (χ4n) is 1.98. The molecule has 0 saturated heterocycles. The van der Waals surface area contributed by atoms with Crippen molar-refractivity contribution in [1.82, 2.24) is 9.62 Å². The van der Waals surface area contributed by atoms with E-state index in [-0.39, 0.29) is 10.9 Å². The van der Waals surface area contributed by atoms with Gasteiger partial charge in [0, 0.05) is 26.7 Å². The molecule has 0 aliphatic heterocycles. The molecule has 1 rings (SSSR count). The van der Waals surface area contributed by atoms with Crippen LogP contribution < -0.4 is 10.1 Å². The summed E-state index contributed by atoms with van der Waals surface area (Å²) in [6, 6.07) is 4.83.